The number of ketones is 1. The van der Waals surface area contributed by atoms with E-state index in [0.29, 0.717) is 5.78 Å². The van der Waals surface area contributed by atoms with Gasteiger partial charge in [-0.25, -0.2) is 0 Å². The molecule has 4 aliphatic carbocycles. The molecule has 0 aromatic carbocycles. The average Bonchev–Trinajstić information content (AvgIpc) is 2.14. The Balaban J connectivity index is 1.90. The van der Waals surface area contributed by atoms with Crippen molar-refractivity contribution in [2.45, 2.75) is 50.8 Å². The molecule has 1 unspecified atom stereocenters. The van der Waals surface area contributed by atoms with Gasteiger partial charge in [0.1, 0.15) is 0 Å². The van der Waals surface area contributed by atoms with E-state index < -0.39 is 0 Å². The molecule has 2 heteroatoms. The van der Waals surface area contributed by atoms with E-state index in [1.165, 1.54) is 19.3 Å². The van der Waals surface area contributed by atoms with Crippen molar-refractivity contribution in [1.29, 1.82) is 0 Å². The first-order valence-corrected chi connectivity index (χ1v) is 6.71. The Bertz CT molecular complexity index is 260. The van der Waals surface area contributed by atoms with Gasteiger partial charge in [-0.05, 0) is 63.2 Å². The third-order valence-corrected chi connectivity index (χ3v) is 5.12. The van der Waals surface area contributed by atoms with Crippen LogP contribution >= 0.6 is 11.6 Å². The van der Waals surface area contributed by atoms with Gasteiger partial charge in [-0.15, -0.1) is 11.6 Å². The van der Waals surface area contributed by atoms with E-state index in [0.717, 1.165) is 37.0 Å². The molecule has 4 aliphatic rings. The number of alkyl halides is 1. The van der Waals surface area contributed by atoms with E-state index in [1.54, 1.807) is 0 Å². The molecule has 84 valence electrons. The second-order valence-electron chi connectivity index (χ2n) is 6.18. The maximum atomic E-state index is 12.3. The van der Waals surface area contributed by atoms with Gasteiger partial charge in [0.2, 0.25) is 0 Å². The molecule has 0 radical (unpaired) electrons. The Morgan fingerprint density at radius 3 is 1.87 bits per heavy atom. The van der Waals surface area contributed by atoms with E-state index >= 15 is 0 Å². The minimum absolute atomic E-state index is 0.00984. The standard InChI is InChI=1S/C13H19ClO/c1-8(14)12(15)13-5-9-2-10(6-13)4-11(3-9)7-13/h8-11H,2-7H2,1H3. The van der Waals surface area contributed by atoms with Gasteiger partial charge in [0.05, 0.1) is 5.38 Å². The predicted octanol–water partition coefficient (Wildman–Crippen LogP) is 3.40. The molecule has 0 aromatic heterocycles. The van der Waals surface area contributed by atoms with Gasteiger partial charge in [0.15, 0.2) is 5.78 Å². The molecular formula is C13H19ClO. The second-order valence-corrected chi connectivity index (χ2v) is 6.83. The summed E-state index contributed by atoms with van der Waals surface area (Å²) >= 11 is 6.01. The highest BCUT2D eigenvalue weighted by Crippen LogP contribution is 2.60. The molecule has 4 rings (SSSR count). The Labute approximate surface area is 96.6 Å². The summed E-state index contributed by atoms with van der Waals surface area (Å²) in [4.78, 5) is 12.3. The van der Waals surface area contributed by atoms with Gasteiger partial charge in [-0.2, -0.15) is 0 Å². The fourth-order valence-corrected chi connectivity index (χ4v) is 5.07. The van der Waals surface area contributed by atoms with Gasteiger partial charge < -0.3 is 0 Å². The summed E-state index contributed by atoms with van der Waals surface area (Å²) in [6, 6.07) is 0. The number of halogens is 1. The molecule has 4 bridgehead atoms. The SMILES string of the molecule is CC(Cl)C(=O)C12CC3CC(CC(C3)C1)C2. The summed E-state index contributed by atoms with van der Waals surface area (Å²) in [6.07, 6.45) is 7.62. The molecule has 4 fully saturated rings. The number of hydrogen-bond donors (Lipinski definition) is 0. The lowest BCUT2D eigenvalue weighted by molar-refractivity contribution is -0.143. The monoisotopic (exact) mass is 226 g/mol. The summed E-state index contributed by atoms with van der Waals surface area (Å²) in [6.45, 7) is 1.85. The predicted molar refractivity (Wildman–Crippen MR) is 60.9 cm³/mol. The summed E-state index contributed by atoms with van der Waals surface area (Å²) in [7, 11) is 0. The smallest absolute Gasteiger partial charge is 0.156 e. The van der Waals surface area contributed by atoms with Crippen molar-refractivity contribution in [2.75, 3.05) is 0 Å². The molecule has 0 aliphatic heterocycles. The van der Waals surface area contributed by atoms with Crippen LogP contribution in [0.15, 0.2) is 0 Å². The Hall–Kier alpha value is -0.0400. The fraction of sp³-hybridized carbons (Fsp3) is 0.923. The summed E-state index contributed by atoms with van der Waals surface area (Å²) in [5, 5.41) is -0.277. The summed E-state index contributed by atoms with van der Waals surface area (Å²) < 4.78 is 0. The van der Waals surface area contributed by atoms with Crippen LogP contribution in [0.5, 0.6) is 0 Å². The normalized spacial score (nSPS) is 49.3. The minimum Gasteiger partial charge on any atom is -0.297 e. The highest BCUT2D eigenvalue weighted by molar-refractivity contribution is 6.31. The molecule has 0 N–H and O–H groups in total. The number of rotatable bonds is 2. The van der Waals surface area contributed by atoms with E-state index in [-0.39, 0.29) is 10.8 Å². The van der Waals surface area contributed by atoms with Crippen LogP contribution in [0.25, 0.3) is 0 Å². The van der Waals surface area contributed by atoms with Crippen LogP contribution in [-0.2, 0) is 4.79 Å². The highest BCUT2D eigenvalue weighted by Gasteiger charge is 2.54. The second kappa shape index (κ2) is 3.23. The first kappa shape index (κ1) is 10.1. The molecule has 1 atom stereocenters. The molecule has 4 saturated carbocycles. The van der Waals surface area contributed by atoms with Crippen LogP contribution in [-0.4, -0.2) is 11.2 Å². The Kier molecular flexibility index (Phi) is 2.18. The van der Waals surface area contributed by atoms with Crippen molar-refractivity contribution in [3.63, 3.8) is 0 Å². The Morgan fingerprint density at radius 1 is 1.13 bits per heavy atom. The van der Waals surface area contributed by atoms with Gasteiger partial charge in [-0.3, -0.25) is 4.79 Å². The van der Waals surface area contributed by atoms with Crippen molar-refractivity contribution in [3.8, 4) is 0 Å². The third kappa shape index (κ3) is 1.46. The van der Waals surface area contributed by atoms with Crippen molar-refractivity contribution in [2.24, 2.45) is 23.2 Å². The summed E-state index contributed by atoms with van der Waals surface area (Å²) in [5.74, 6) is 2.88. The van der Waals surface area contributed by atoms with E-state index in [2.05, 4.69) is 0 Å². The average molecular weight is 227 g/mol. The van der Waals surface area contributed by atoms with Crippen LogP contribution in [0.3, 0.4) is 0 Å². The zero-order valence-corrected chi connectivity index (χ0v) is 10.1. The zero-order chi connectivity index (χ0) is 10.6. The first-order chi connectivity index (χ1) is 7.09. The number of hydrogen-bond acceptors (Lipinski definition) is 1. The van der Waals surface area contributed by atoms with Crippen LogP contribution in [0.2, 0.25) is 0 Å². The molecule has 0 amide bonds. The minimum atomic E-state index is -0.277. The van der Waals surface area contributed by atoms with E-state index in [1.807, 2.05) is 6.92 Å². The van der Waals surface area contributed by atoms with Gasteiger partial charge in [0, 0.05) is 5.41 Å². The molecular weight excluding hydrogens is 208 g/mol. The molecule has 0 aromatic rings. The van der Waals surface area contributed by atoms with Crippen LogP contribution in [0.4, 0.5) is 0 Å². The maximum absolute atomic E-state index is 12.3. The highest BCUT2D eigenvalue weighted by atomic mass is 35.5. The molecule has 1 nitrogen and oxygen atoms in total. The zero-order valence-electron chi connectivity index (χ0n) is 9.34. The lowest BCUT2D eigenvalue weighted by atomic mass is 9.48. The van der Waals surface area contributed by atoms with Gasteiger partial charge >= 0.3 is 0 Å². The summed E-state index contributed by atoms with van der Waals surface area (Å²) in [5.41, 5.74) is 0.00984. The van der Waals surface area contributed by atoms with Crippen LogP contribution in [0, 0.1) is 23.2 Å². The lowest BCUT2D eigenvalue weighted by Gasteiger charge is -2.56. The maximum Gasteiger partial charge on any atom is 0.156 e. The molecule has 0 heterocycles. The molecule has 15 heavy (non-hydrogen) atoms. The molecule has 0 saturated heterocycles. The van der Waals surface area contributed by atoms with Gasteiger partial charge in [-0.1, -0.05) is 0 Å². The number of carbonyl (C=O) groups is 1. The van der Waals surface area contributed by atoms with Crippen molar-refractivity contribution < 1.29 is 4.79 Å². The topological polar surface area (TPSA) is 17.1 Å². The number of Topliss-reactive ketones (excluding diaryl/α,β-unsaturated/α-hetero) is 1. The Morgan fingerprint density at radius 2 is 1.53 bits per heavy atom. The fourth-order valence-electron chi connectivity index (χ4n) is 4.83. The van der Waals surface area contributed by atoms with E-state index in [4.69, 9.17) is 11.6 Å². The van der Waals surface area contributed by atoms with Crippen molar-refractivity contribution >= 4 is 17.4 Å². The first-order valence-electron chi connectivity index (χ1n) is 6.27. The largest absolute Gasteiger partial charge is 0.297 e. The van der Waals surface area contributed by atoms with Crippen LogP contribution in [0.1, 0.15) is 45.4 Å². The third-order valence-electron chi connectivity index (χ3n) is 4.92. The van der Waals surface area contributed by atoms with Crippen LogP contribution < -0.4 is 0 Å². The van der Waals surface area contributed by atoms with Crippen molar-refractivity contribution in [1.82, 2.24) is 0 Å². The van der Waals surface area contributed by atoms with E-state index in [9.17, 15) is 4.79 Å². The number of carbonyl (C=O) groups excluding carboxylic acids is 1. The molecule has 0 spiro atoms. The lowest BCUT2D eigenvalue weighted by Crippen LogP contribution is -2.51. The van der Waals surface area contributed by atoms with Crippen molar-refractivity contribution in [3.05, 3.63) is 0 Å². The van der Waals surface area contributed by atoms with Gasteiger partial charge in [0.25, 0.3) is 0 Å². The quantitative estimate of drug-likeness (QED) is 0.660.